The first kappa shape index (κ1) is 16.3. The van der Waals surface area contributed by atoms with E-state index in [0.717, 1.165) is 29.7 Å². The zero-order valence-electron chi connectivity index (χ0n) is 14.9. The minimum absolute atomic E-state index is 0.158. The first-order chi connectivity index (χ1) is 12.1. The third kappa shape index (κ3) is 2.76. The van der Waals surface area contributed by atoms with Crippen LogP contribution in [0, 0.1) is 6.92 Å². The summed E-state index contributed by atoms with van der Waals surface area (Å²) in [5.74, 6) is 0.0626. The SMILES string of the molecule is Cc1c(C2CCC(=O)NC2=O)c2ccc(C3CCNCC3)cc2n1C. The lowest BCUT2D eigenvalue weighted by molar-refractivity contribution is -0.134. The van der Waals surface area contributed by atoms with Crippen LogP contribution in [-0.2, 0) is 16.6 Å². The second-order valence-electron chi connectivity index (χ2n) is 7.36. The van der Waals surface area contributed by atoms with Gasteiger partial charge in [-0.05, 0) is 62.4 Å². The molecule has 2 aliphatic rings. The van der Waals surface area contributed by atoms with Gasteiger partial charge in [0.25, 0.3) is 0 Å². The van der Waals surface area contributed by atoms with E-state index in [2.05, 4.69) is 47.4 Å². The quantitative estimate of drug-likeness (QED) is 0.826. The molecule has 2 aliphatic heterocycles. The zero-order valence-corrected chi connectivity index (χ0v) is 14.9. The summed E-state index contributed by atoms with van der Waals surface area (Å²) in [6.07, 6.45) is 3.36. The van der Waals surface area contributed by atoms with Gasteiger partial charge in [-0.25, -0.2) is 0 Å². The van der Waals surface area contributed by atoms with E-state index >= 15 is 0 Å². The molecule has 5 nitrogen and oxygen atoms in total. The van der Waals surface area contributed by atoms with Gasteiger partial charge < -0.3 is 9.88 Å². The Morgan fingerprint density at radius 3 is 2.60 bits per heavy atom. The summed E-state index contributed by atoms with van der Waals surface area (Å²) in [5, 5.41) is 7.06. The summed E-state index contributed by atoms with van der Waals surface area (Å²) in [5.41, 5.74) is 4.78. The molecule has 2 saturated heterocycles. The Kier molecular flexibility index (Phi) is 4.12. The maximum Gasteiger partial charge on any atom is 0.234 e. The molecule has 1 aromatic heterocycles. The van der Waals surface area contributed by atoms with Crippen LogP contribution >= 0.6 is 0 Å². The Morgan fingerprint density at radius 2 is 1.88 bits per heavy atom. The molecule has 1 aromatic carbocycles. The fourth-order valence-corrected chi connectivity index (χ4v) is 4.43. The highest BCUT2D eigenvalue weighted by molar-refractivity contribution is 6.03. The van der Waals surface area contributed by atoms with Gasteiger partial charge in [-0.3, -0.25) is 14.9 Å². The van der Waals surface area contributed by atoms with Crippen LogP contribution in [0.25, 0.3) is 10.9 Å². The predicted octanol–water partition coefficient (Wildman–Crippen LogP) is 2.47. The van der Waals surface area contributed by atoms with Gasteiger partial charge in [0.05, 0.1) is 5.92 Å². The van der Waals surface area contributed by atoms with Crippen molar-refractivity contribution >= 4 is 22.7 Å². The smallest absolute Gasteiger partial charge is 0.234 e. The monoisotopic (exact) mass is 339 g/mol. The minimum Gasteiger partial charge on any atom is -0.348 e. The fraction of sp³-hybridized carbons (Fsp3) is 0.500. The van der Waals surface area contributed by atoms with Crippen molar-refractivity contribution < 1.29 is 9.59 Å². The molecule has 2 fully saturated rings. The highest BCUT2D eigenvalue weighted by atomic mass is 16.2. The van der Waals surface area contributed by atoms with Gasteiger partial charge in [0.15, 0.2) is 0 Å². The second kappa shape index (κ2) is 6.30. The summed E-state index contributed by atoms with van der Waals surface area (Å²) < 4.78 is 2.19. The van der Waals surface area contributed by atoms with Gasteiger partial charge >= 0.3 is 0 Å². The summed E-state index contributed by atoms with van der Waals surface area (Å²) in [4.78, 5) is 23.9. The summed E-state index contributed by atoms with van der Waals surface area (Å²) in [6.45, 7) is 4.23. The van der Waals surface area contributed by atoms with Crippen molar-refractivity contribution in [2.45, 2.75) is 44.4 Å². The summed E-state index contributed by atoms with van der Waals surface area (Å²) in [7, 11) is 2.07. The van der Waals surface area contributed by atoms with Gasteiger partial charge in [0, 0.05) is 30.1 Å². The number of amides is 2. The van der Waals surface area contributed by atoms with E-state index in [9.17, 15) is 9.59 Å². The average molecular weight is 339 g/mol. The lowest BCUT2D eigenvalue weighted by Crippen LogP contribution is -2.39. The number of carbonyl (C=O) groups excluding carboxylic acids is 2. The molecule has 1 atom stereocenters. The molecular weight excluding hydrogens is 314 g/mol. The summed E-state index contributed by atoms with van der Waals surface area (Å²) in [6, 6.07) is 6.71. The van der Waals surface area contributed by atoms with Gasteiger partial charge in [-0.1, -0.05) is 12.1 Å². The highest BCUT2D eigenvalue weighted by Crippen LogP contribution is 2.37. The Bertz CT molecular complexity index is 846. The van der Waals surface area contributed by atoms with Crippen molar-refractivity contribution in [1.29, 1.82) is 0 Å². The zero-order chi connectivity index (χ0) is 17.6. The lowest BCUT2D eigenvalue weighted by atomic mass is 9.86. The number of fused-ring (bicyclic) bond motifs is 1. The molecule has 2 aromatic rings. The molecule has 5 heteroatoms. The first-order valence-electron chi connectivity index (χ1n) is 9.19. The normalized spacial score (nSPS) is 22.4. The minimum atomic E-state index is -0.230. The standard InChI is InChI=1S/C20H25N3O2/c1-12-19(16-5-6-18(24)22-20(16)25)15-4-3-14(11-17(15)23(12)2)13-7-9-21-10-8-13/h3-4,11,13,16,21H,5-10H2,1-2H3,(H,22,24,25). The van der Waals surface area contributed by atoms with E-state index < -0.39 is 0 Å². The molecular formula is C20H25N3O2. The van der Waals surface area contributed by atoms with Crippen LogP contribution in [-0.4, -0.2) is 29.5 Å². The number of nitrogens with one attached hydrogen (secondary N) is 2. The molecule has 1 unspecified atom stereocenters. The number of aryl methyl sites for hydroxylation is 1. The van der Waals surface area contributed by atoms with Crippen molar-refractivity contribution in [2.24, 2.45) is 7.05 Å². The Hall–Kier alpha value is -2.14. The van der Waals surface area contributed by atoms with Gasteiger partial charge in [-0.2, -0.15) is 0 Å². The third-order valence-electron chi connectivity index (χ3n) is 5.96. The summed E-state index contributed by atoms with van der Waals surface area (Å²) >= 11 is 0. The number of nitrogens with zero attached hydrogens (tertiary/aromatic N) is 1. The van der Waals surface area contributed by atoms with Crippen LogP contribution in [0.3, 0.4) is 0 Å². The number of imide groups is 1. The lowest BCUT2D eigenvalue weighted by Gasteiger charge is -2.23. The molecule has 0 aliphatic carbocycles. The van der Waals surface area contributed by atoms with Gasteiger partial charge in [0.2, 0.25) is 11.8 Å². The molecule has 2 amide bonds. The van der Waals surface area contributed by atoms with Crippen molar-refractivity contribution in [3.05, 3.63) is 35.0 Å². The molecule has 0 saturated carbocycles. The Labute approximate surface area is 147 Å². The number of hydrogen-bond donors (Lipinski definition) is 2. The molecule has 4 rings (SSSR count). The molecule has 2 N–H and O–H groups in total. The van der Waals surface area contributed by atoms with Crippen LogP contribution in [0.1, 0.15) is 54.3 Å². The largest absolute Gasteiger partial charge is 0.348 e. The van der Waals surface area contributed by atoms with E-state index in [-0.39, 0.29) is 17.7 Å². The van der Waals surface area contributed by atoms with Gasteiger partial charge in [-0.15, -0.1) is 0 Å². The molecule has 25 heavy (non-hydrogen) atoms. The van der Waals surface area contributed by atoms with E-state index in [1.54, 1.807) is 0 Å². The fourth-order valence-electron chi connectivity index (χ4n) is 4.43. The predicted molar refractivity (Wildman–Crippen MR) is 97.6 cm³/mol. The van der Waals surface area contributed by atoms with Crippen molar-refractivity contribution in [3.63, 3.8) is 0 Å². The number of piperidine rings is 2. The van der Waals surface area contributed by atoms with Crippen LogP contribution in [0.15, 0.2) is 18.2 Å². The molecule has 0 radical (unpaired) electrons. The number of rotatable bonds is 2. The van der Waals surface area contributed by atoms with E-state index in [1.165, 1.54) is 23.9 Å². The molecule has 0 spiro atoms. The van der Waals surface area contributed by atoms with Crippen molar-refractivity contribution in [3.8, 4) is 0 Å². The van der Waals surface area contributed by atoms with Crippen LogP contribution in [0.5, 0.6) is 0 Å². The maximum absolute atomic E-state index is 12.4. The number of benzene rings is 1. The Balaban J connectivity index is 1.77. The highest BCUT2D eigenvalue weighted by Gasteiger charge is 2.32. The number of carbonyl (C=O) groups is 2. The van der Waals surface area contributed by atoms with Crippen LogP contribution < -0.4 is 10.6 Å². The molecule has 0 bridgehead atoms. The maximum atomic E-state index is 12.4. The molecule has 132 valence electrons. The average Bonchev–Trinajstić information content (AvgIpc) is 2.87. The van der Waals surface area contributed by atoms with Crippen molar-refractivity contribution in [2.75, 3.05) is 13.1 Å². The molecule has 3 heterocycles. The topological polar surface area (TPSA) is 63.1 Å². The first-order valence-corrected chi connectivity index (χ1v) is 9.19. The van der Waals surface area contributed by atoms with E-state index in [1.807, 2.05) is 0 Å². The third-order valence-corrected chi connectivity index (χ3v) is 5.96. The van der Waals surface area contributed by atoms with Crippen LogP contribution in [0.4, 0.5) is 0 Å². The number of aromatic nitrogens is 1. The van der Waals surface area contributed by atoms with E-state index in [0.29, 0.717) is 18.8 Å². The second-order valence-corrected chi connectivity index (χ2v) is 7.36. The van der Waals surface area contributed by atoms with Gasteiger partial charge in [0.1, 0.15) is 0 Å². The van der Waals surface area contributed by atoms with Crippen molar-refractivity contribution in [1.82, 2.24) is 15.2 Å². The Morgan fingerprint density at radius 1 is 1.12 bits per heavy atom. The van der Waals surface area contributed by atoms with Crippen LogP contribution in [0.2, 0.25) is 0 Å². The van der Waals surface area contributed by atoms with E-state index in [4.69, 9.17) is 0 Å². The number of hydrogen-bond acceptors (Lipinski definition) is 3.